The van der Waals surface area contributed by atoms with Crippen LogP contribution in [0.2, 0.25) is 5.02 Å². The van der Waals surface area contributed by atoms with E-state index in [1.165, 1.54) is 5.56 Å². The molecule has 1 aromatic carbocycles. The Hall–Kier alpha value is -1.97. The number of hydrogen-bond donors (Lipinski definition) is 1. The lowest BCUT2D eigenvalue weighted by Crippen LogP contribution is -2.19. The molecule has 2 heterocycles. The van der Waals surface area contributed by atoms with Gasteiger partial charge in [-0.05, 0) is 43.3 Å². The maximum Gasteiger partial charge on any atom is 0.0705 e. The van der Waals surface area contributed by atoms with Crippen molar-refractivity contribution in [2.75, 3.05) is 7.05 Å². The fourth-order valence-electron chi connectivity index (χ4n) is 2.44. The van der Waals surface area contributed by atoms with Gasteiger partial charge in [0.15, 0.2) is 0 Å². The Kier molecular flexibility index (Phi) is 4.13. The lowest BCUT2D eigenvalue weighted by molar-refractivity contribution is 0.576. The summed E-state index contributed by atoms with van der Waals surface area (Å²) in [6.45, 7) is 0. The van der Waals surface area contributed by atoms with Crippen molar-refractivity contribution in [1.29, 1.82) is 0 Å². The number of nitrogens with zero attached hydrogens (tertiary/aromatic N) is 2. The van der Waals surface area contributed by atoms with Crippen LogP contribution in [0.4, 0.5) is 0 Å². The van der Waals surface area contributed by atoms with Crippen LogP contribution in [0.3, 0.4) is 0 Å². The van der Waals surface area contributed by atoms with Gasteiger partial charge in [0.05, 0.1) is 22.3 Å². The molecule has 1 N–H and O–H groups in total. The first-order valence-electron chi connectivity index (χ1n) is 6.88. The van der Waals surface area contributed by atoms with Crippen molar-refractivity contribution in [3.05, 3.63) is 71.1 Å². The molecule has 0 aliphatic rings. The number of rotatable bonds is 4. The second-order valence-corrected chi connectivity index (χ2v) is 5.42. The highest BCUT2D eigenvalue weighted by molar-refractivity contribution is 6.31. The minimum absolute atomic E-state index is 0.191. The molecule has 0 bridgehead atoms. The minimum atomic E-state index is 0.191. The largest absolute Gasteiger partial charge is 0.311 e. The van der Waals surface area contributed by atoms with Crippen LogP contribution in [-0.4, -0.2) is 17.0 Å². The highest BCUT2D eigenvalue weighted by Crippen LogP contribution is 2.21. The van der Waals surface area contributed by atoms with Crippen LogP contribution >= 0.6 is 11.6 Å². The Labute approximate surface area is 129 Å². The van der Waals surface area contributed by atoms with E-state index in [4.69, 9.17) is 11.6 Å². The van der Waals surface area contributed by atoms with Gasteiger partial charge in [0.25, 0.3) is 0 Å². The molecule has 2 aromatic heterocycles. The summed E-state index contributed by atoms with van der Waals surface area (Å²) < 4.78 is 0. The van der Waals surface area contributed by atoms with Gasteiger partial charge in [0.1, 0.15) is 0 Å². The van der Waals surface area contributed by atoms with Gasteiger partial charge in [-0.15, -0.1) is 0 Å². The van der Waals surface area contributed by atoms with Gasteiger partial charge < -0.3 is 5.32 Å². The van der Waals surface area contributed by atoms with Crippen molar-refractivity contribution in [2.45, 2.75) is 12.5 Å². The molecule has 0 saturated carbocycles. The Morgan fingerprint density at radius 1 is 1.14 bits per heavy atom. The number of likely N-dealkylation sites (N-methyl/N-ethyl adjacent to an activating group) is 1. The van der Waals surface area contributed by atoms with E-state index in [1.807, 2.05) is 37.5 Å². The summed E-state index contributed by atoms with van der Waals surface area (Å²) in [6, 6.07) is 14.4. The summed E-state index contributed by atoms with van der Waals surface area (Å²) in [4.78, 5) is 8.80. The molecule has 1 atom stereocenters. The molecule has 0 fully saturated rings. The highest BCUT2D eigenvalue weighted by atomic mass is 35.5. The zero-order valence-electron chi connectivity index (χ0n) is 11.8. The summed E-state index contributed by atoms with van der Waals surface area (Å²) in [5, 5.41) is 5.04. The van der Waals surface area contributed by atoms with Crippen molar-refractivity contribution in [2.24, 2.45) is 0 Å². The Morgan fingerprint density at radius 2 is 2.05 bits per heavy atom. The first-order valence-corrected chi connectivity index (χ1v) is 7.26. The average molecular weight is 298 g/mol. The summed E-state index contributed by atoms with van der Waals surface area (Å²) in [5.74, 6) is 0. The second-order valence-electron chi connectivity index (χ2n) is 4.98. The Bertz CT molecular complexity index is 743. The molecule has 21 heavy (non-hydrogen) atoms. The zero-order valence-corrected chi connectivity index (χ0v) is 12.5. The molecule has 3 rings (SSSR count). The van der Waals surface area contributed by atoms with Gasteiger partial charge in [0.2, 0.25) is 0 Å². The van der Waals surface area contributed by atoms with E-state index in [0.717, 1.165) is 23.0 Å². The number of halogens is 1. The van der Waals surface area contributed by atoms with Gasteiger partial charge >= 0.3 is 0 Å². The third-order valence-electron chi connectivity index (χ3n) is 3.55. The molecule has 3 aromatic rings. The van der Waals surface area contributed by atoms with Gasteiger partial charge in [-0.3, -0.25) is 9.97 Å². The van der Waals surface area contributed by atoms with Gasteiger partial charge in [-0.2, -0.15) is 0 Å². The van der Waals surface area contributed by atoms with E-state index in [-0.39, 0.29) is 6.04 Å². The summed E-state index contributed by atoms with van der Waals surface area (Å²) in [7, 11) is 1.96. The summed E-state index contributed by atoms with van der Waals surface area (Å²) in [5.41, 5.74) is 3.24. The third-order valence-corrected chi connectivity index (χ3v) is 3.75. The molecule has 0 aliphatic heterocycles. The maximum absolute atomic E-state index is 5.96. The molecule has 0 radical (unpaired) electrons. The van der Waals surface area contributed by atoms with Crippen LogP contribution in [0.1, 0.15) is 17.3 Å². The fraction of sp³-hybridized carbons (Fsp3) is 0.176. The van der Waals surface area contributed by atoms with Crippen LogP contribution in [0.5, 0.6) is 0 Å². The van der Waals surface area contributed by atoms with E-state index < -0.39 is 0 Å². The molecular formula is C17H16ClN3. The number of hydrogen-bond acceptors (Lipinski definition) is 3. The lowest BCUT2D eigenvalue weighted by Gasteiger charge is -2.15. The monoisotopic (exact) mass is 297 g/mol. The third kappa shape index (κ3) is 3.20. The van der Waals surface area contributed by atoms with Gasteiger partial charge in [-0.1, -0.05) is 29.8 Å². The maximum atomic E-state index is 5.96. The van der Waals surface area contributed by atoms with Crippen LogP contribution in [0, 0.1) is 0 Å². The topological polar surface area (TPSA) is 37.8 Å². The minimum Gasteiger partial charge on any atom is -0.311 e. The van der Waals surface area contributed by atoms with Crippen molar-refractivity contribution in [3.8, 4) is 0 Å². The van der Waals surface area contributed by atoms with E-state index in [9.17, 15) is 0 Å². The van der Waals surface area contributed by atoms with Gasteiger partial charge in [0, 0.05) is 17.8 Å². The van der Waals surface area contributed by atoms with Crippen LogP contribution in [-0.2, 0) is 6.42 Å². The molecule has 3 nitrogen and oxygen atoms in total. The van der Waals surface area contributed by atoms with E-state index in [2.05, 4.69) is 33.5 Å². The molecule has 0 saturated heterocycles. The molecular weight excluding hydrogens is 282 g/mol. The SMILES string of the molecule is CNC(Cc1ccc2cc(Cl)cnc2c1)c1ccccn1. The van der Waals surface area contributed by atoms with Gasteiger partial charge in [-0.25, -0.2) is 0 Å². The van der Waals surface area contributed by atoms with Crippen molar-refractivity contribution in [1.82, 2.24) is 15.3 Å². The molecule has 1 unspecified atom stereocenters. The van der Waals surface area contributed by atoms with Crippen LogP contribution < -0.4 is 5.32 Å². The molecule has 106 valence electrons. The summed E-state index contributed by atoms with van der Waals surface area (Å²) >= 11 is 5.96. The number of benzene rings is 1. The van der Waals surface area contributed by atoms with Crippen LogP contribution in [0.15, 0.2) is 54.9 Å². The molecule has 0 aliphatic carbocycles. The smallest absolute Gasteiger partial charge is 0.0705 e. The second kappa shape index (κ2) is 6.20. The summed E-state index contributed by atoms with van der Waals surface area (Å²) in [6.07, 6.45) is 4.37. The number of nitrogens with one attached hydrogen (secondary N) is 1. The Balaban J connectivity index is 1.88. The zero-order chi connectivity index (χ0) is 14.7. The van der Waals surface area contributed by atoms with Crippen molar-refractivity contribution in [3.63, 3.8) is 0 Å². The first kappa shape index (κ1) is 14.0. The Morgan fingerprint density at radius 3 is 2.81 bits per heavy atom. The van der Waals surface area contributed by atoms with E-state index >= 15 is 0 Å². The number of fused-ring (bicyclic) bond motifs is 1. The van der Waals surface area contributed by atoms with E-state index in [1.54, 1.807) is 6.20 Å². The van der Waals surface area contributed by atoms with Crippen molar-refractivity contribution >= 4 is 22.5 Å². The standard InChI is InChI=1S/C17H16ClN3/c1-19-17(15-4-2-3-7-20-15)9-12-5-6-13-10-14(18)11-21-16(13)8-12/h2-8,10-11,17,19H,9H2,1H3. The molecule has 0 spiro atoms. The molecule has 4 heteroatoms. The predicted molar refractivity (Wildman–Crippen MR) is 86.5 cm³/mol. The number of aromatic nitrogens is 2. The predicted octanol–water partition coefficient (Wildman–Crippen LogP) is 3.79. The van der Waals surface area contributed by atoms with Crippen LogP contribution in [0.25, 0.3) is 10.9 Å². The first-order chi connectivity index (χ1) is 10.3. The lowest BCUT2D eigenvalue weighted by atomic mass is 10.0. The number of pyridine rings is 2. The fourth-order valence-corrected chi connectivity index (χ4v) is 2.61. The van der Waals surface area contributed by atoms with E-state index in [0.29, 0.717) is 5.02 Å². The average Bonchev–Trinajstić information content (AvgIpc) is 2.53. The normalized spacial score (nSPS) is 12.5. The quantitative estimate of drug-likeness (QED) is 0.796. The van der Waals surface area contributed by atoms with Crippen molar-refractivity contribution < 1.29 is 0 Å². The highest BCUT2D eigenvalue weighted by Gasteiger charge is 2.11. The molecule has 0 amide bonds.